The van der Waals surface area contributed by atoms with Crippen LogP contribution in [0.4, 0.5) is 10.5 Å². The quantitative estimate of drug-likeness (QED) is 0.502. The molecule has 0 unspecified atom stereocenters. The Labute approximate surface area is 177 Å². The van der Waals surface area contributed by atoms with E-state index in [0.29, 0.717) is 5.69 Å². The standard InChI is InChI=1S/C21H16Cl2N2O2S/c1-13-9-11-14(12-10-13)28-18-8-3-2-7-17(18)24-21(27)25-20(26)19-15(22)5-4-6-16(19)23/h2-12H,1H3,(H2,24,25,26,27). The molecule has 28 heavy (non-hydrogen) atoms. The zero-order valence-electron chi connectivity index (χ0n) is 14.8. The molecule has 0 atom stereocenters. The van der Waals surface area contributed by atoms with Crippen molar-refractivity contribution in [1.29, 1.82) is 0 Å². The van der Waals surface area contributed by atoms with E-state index in [1.54, 1.807) is 12.1 Å². The minimum atomic E-state index is -0.670. The smallest absolute Gasteiger partial charge is 0.307 e. The summed E-state index contributed by atoms with van der Waals surface area (Å²) in [6.45, 7) is 2.02. The normalized spacial score (nSPS) is 10.4. The van der Waals surface area contributed by atoms with Crippen LogP contribution in [0.25, 0.3) is 0 Å². The second kappa shape index (κ2) is 9.15. The number of para-hydroxylation sites is 1. The van der Waals surface area contributed by atoms with Gasteiger partial charge in [-0.25, -0.2) is 4.79 Å². The molecule has 2 N–H and O–H groups in total. The van der Waals surface area contributed by atoms with Gasteiger partial charge >= 0.3 is 6.03 Å². The fourth-order valence-corrected chi connectivity index (χ4v) is 3.90. The zero-order valence-corrected chi connectivity index (χ0v) is 17.2. The number of halogens is 2. The van der Waals surface area contributed by atoms with Crippen molar-refractivity contribution in [3.8, 4) is 0 Å². The Balaban J connectivity index is 1.72. The molecule has 0 saturated carbocycles. The van der Waals surface area contributed by atoms with Crippen molar-refractivity contribution in [2.45, 2.75) is 16.7 Å². The minimum absolute atomic E-state index is 0.0586. The Morgan fingerprint density at radius 2 is 1.50 bits per heavy atom. The number of hydrogen-bond acceptors (Lipinski definition) is 3. The first-order chi connectivity index (χ1) is 13.4. The number of benzene rings is 3. The van der Waals surface area contributed by atoms with Crippen LogP contribution < -0.4 is 10.6 Å². The molecule has 0 aromatic heterocycles. The van der Waals surface area contributed by atoms with Crippen molar-refractivity contribution in [2.75, 3.05) is 5.32 Å². The SMILES string of the molecule is Cc1ccc(Sc2ccccc2NC(=O)NC(=O)c2c(Cl)cccc2Cl)cc1. The Bertz CT molecular complexity index is 1000. The van der Waals surface area contributed by atoms with Crippen LogP contribution in [0.1, 0.15) is 15.9 Å². The third-order valence-corrected chi connectivity index (χ3v) is 5.51. The molecule has 3 rings (SSSR count). The maximum atomic E-state index is 12.3. The zero-order chi connectivity index (χ0) is 20.1. The van der Waals surface area contributed by atoms with E-state index in [0.717, 1.165) is 9.79 Å². The van der Waals surface area contributed by atoms with E-state index < -0.39 is 11.9 Å². The molecule has 4 nitrogen and oxygen atoms in total. The summed E-state index contributed by atoms with van der Waals surface area (Å²) in [4.78, 5) is 26.6. The highest BCUT2D eigenvalue weighted by Crippen LogP contribution is 2.33. The number of amides is 3. The summed E-state index contributed by atoms with van der Waals surface area (Å²) < 4.78 is 0. The van der Waals surface area contributed by atoms with Crippen LogP contribution >= 0.6 is 35.0 Å². The van der Waals surface area contributed by atoms with E-state index >= 15 is 0 Å². The minimum Gasteiger partial charge on any atom is -0.307 e. The molecule has 0 bridgehead atoms. The van der Waals surface area contributed by atoms with Gasteiger partial charge in [0.15, 0.2) is 0 Å². The van der Waals surface area contributed by atoms with Crippen molar-refractivity contribution >= 4 is 52.6 Å². The predicted molar refractivity (Wildman–Crippen MR) is 115 cm³/mol. The Morgan fingerprint density at radius 1 is 0.857 bits per heavy atom. The second-order valence-electron chi connectivity index (χ2n) is 5.92. The van der Waals surface area contributed by atoms with Gasteiger partial charge in [-0.2, -0.15) is 0 Å². The largest absolute Gasteiger partial charge is 0.326 e. The van der Waals surface area contributed by atoms with Crippen molar-refractivity contribution in [3.05, 3.63) is 87.9 Å². The van der Waals surface area contributed by atoms with Crippen LogP contribution in [0.15, 0.2) is 76.5 Å². The number of urea groups is 1. The molecule has 0 aliphatic rings. The molecule has 0 saturated heterocycles. The molecular weight excluding hydrogens is 415 g/mol. The molecule has 0 radical (unpaired) electrons. The van der Waals surface area contributed by atoms with E-state index in [4.69, 9.17) is 23.2 Å². The van der Waals surface area contributed by atoms with Gasteiger partial charge in [0.1, 0.15) is 0 Å². The van der Waals surface area contributed by atoms with Gasteiger partial charge in [0.05, 0.1) is 21.3 Å². The van der Waals surface area contributed by atoms with Gasteiger partial charge < -0.3 is 5.32 Å². The highest BCUT2D eigenvalue weighted by Gasteiger charge is 2.17. The number of carbonyl (C=O) groups is 2. The molecule has 3 aromatic rings. The lowest BCUT2D eigenvalue weighted by Crippen LogP contribution is -2.34. The van der Waals surface area contributed by atoms with Crippen LogP contribution in [0.3, 0.4) is 0 Å². The lowest BCUT2D eigenvalue weighted by atomic mass is 10.2. The number of nitrogens with one attached hydrogen (secondary N) is 2. The highest BCUT2D eigenvalue weighted by atomic mass is 35.5. The number of aryl methyl sites for hydroxylation is 1. The number of anilines is 1. The predicted octanol–water partition coefficient (Wildman–Crippen LogP) is 6.41. The molecular formula is C21H16Cl2N2O2S. The van der Waals surface area contributed by atoms with Crippen LogP contribution in [-0.4, -0.2) is 11.9 Å². The molecule has 3 amide bonds. The summed E-state index contributed by atoms with van der Waals surface area (Å²) >= 11 is 13.5. The van der Waals surface area contributed by atoms with E-state index in [2.05, 4.69) is 10.6 Å². The Kier molecular flexibility index (Phi) is 6.62. The number of rotatable bonds is 4. The van der Waals surface area contributed by atoms with Gasteiger partial charge in [0, 0.05) is 9.79 Å². The maximum absolute atomic E-state index is 12.3. The summed E-state index contributed by atoms with van der Waals surface area (Å²) in [6, 6.07) is 19.5. The van der Waals surface area contributed by atoms with Crippen LogP contribution in [0, 0.1) is 6.92 Å². The third kappa shape index (κ3) is 5.07. The first-order valence-corrected chi connectivity index (χ1v) is 9.91. The molecule has 3 aromatic carbocycles. The van der Waals surface area contributed by atoms with Crippen molar-refractivity contribution in [1.82, 2.24) is 5.32 Å². The van der Waals surface area contributed by atoms with Gasteiger partial charge in [-0.1, -0.05) is 70.9 Å². The Morgan fingerprint density at radius 3 is 2.18 bits per heavy atom. The van der Waals surface area contributed by atoms with Gasteiger partial charge in [0.2, 0.25) is 0 Å². The summed E-state index contributed by atoms with van der Waals surface area (Å²) in [5.74, 6) is -0.670. The van der Waals surface area contributed by atoms with Crippen LogP contribution in [0.2, 0.25) is 10.0 Å². The Hall–Kier alpha value is -2.47. The van der Waals surface area contributed by atoms with Crippen molar-refractivity contribution in [2.24, 2.45) is 0 Å². The first-order valence-electron chi connectivity index (χ1n) is 8.34. The molecule has 0 spiro atoms. The van der Waals surface area contributed by atoms with Gasteiger partial charge in [-0.3, -0.25) is 10.1 Å². The van der Waals surface area contributed by atoms with Gasteiger partial charge in [0.25, 0.3) is 5.91 Å². The number of carbonyl (C=O) groups excluding carboxylic acids is 2. The average Bonchev–Trinajstić information content (AvgIpc) is 2.65. The fourth-order valence-electron chi connectivity index (χ4n) is 2.43. The van der Waals surface area contributed by atoms with E-state index in [1.807, 2.05) is 49.4 Å². The number of imide groups is 1. The molecule has 142 valence electrons. The number of hydrogen-bond donors (Lipinski definition) is 2. The van der Waals surface area contributed by atoms with Gasteiger partial charge in [-0.05, 0) is 43.3 Å². The van der Waals surface area contributed by atoms with Crippen molar-refractivity contribution in [3.63, 3.8) is 0 Å². The summed E-state index contributed by atoms with van der Waals surface area (Å²) in [5.41, 5.74) is 1.82. The molecule has 0 fully saturated rings. The molecule has 7 heteroatoms. The molecule has 0 aliphatic heterocycles. The molecule has 0 heterocycles. The first kappa shape index (κ1) is 20.3. The van der Waals surface area contributed by atoms with Crippen LogP contribution in [0.5, 0.6) is 0 Å². The summed E-state index contributed by atoms with van der Waals surface area (Å²) in [6.07, 6.45) is 0. The summed E-state index contributed by atoms with van der Waals surface area (Å²) in [7, 11) is 0. The second-order valence-corrected chi connectivity index (χ2v) is 7.85. The monoisotopic (exact) mass is 430 g/mol. The molecule has 0 aliphatic carbocycles. The van der Waals surface area contributed by atoms with E-state index in [9.17, 15) is 9.59 Å². The lowest BCUT2D eigenvalue weighted by molar-refractivity contribution is 0.0967. The van der Waals surface area contributed by atoms with Gasteiger partial charge in [-0.15, -0.1) is 0 Å². The average molecular weight is 431 g/mol. The topological polar surface area (TPSA) is 58.2 Å². The summed E-state index contributed by atoms with van der Waals surface area (Å²) in [5, 5.41) is 5.31. The highest BCUT2D eigenvalue weighted by molar-refractivity contribution is 7.99. The maximum Gasteiger partial charge on any atom is 0.326 e. The van der Waals surface area contributed by atoms with Crippen molar-refractivity contribution < 1.29 is 9.59 Å². The lowest BCUT2D eigenvalue weighted by Gasteiger charge is -2.12. The third-order valence-electron chi connectivity index (χ3n) is 3.80. The van der Waals surface area contributed by atoms with E-state index in [1.165, 1.54) is 29.5 Å². The van der Waals surface area contributed by atoms with E-state index in [-0.39, 0.29) is 15.6 Å². The van der Waals surface area contributed by atoms with Crippen LogP contribution in [-0.2, 0) is 0 Å². The fraction of sp³-hybridized carbons (Fsp3) is 0.0476.